The standard InChI is InChI=1S/C43H32N4/c1-29-16-9-14-27-39(29)44-30(2)40-45-41(31-17-5-3-6-18-31)47-42(46-40)32-19-15-22-34(28-32)43(33-20-7-4-8-21-33)37-25-12-10-23-35(37)36-24-11-13-26-38(36)43/h3-28H,1-2H3/b44-30+. The van der Waals surface area contributed by atoms with Crippen LogP contribution in [0.1, 0.15) is 40.6 Å². The van der Waals surface area contributed by atoms with E-state index in [0.717, 1.165) is 33.7 Å². The van der Waals surface area contributed by atoms with E-state index in [1.165, 1.54) is 27.8 Å². The Hall–Kier alpha value is -6.00. The monoisotopic (exact) mass is 604 g/mol. The van der Waals surface area contributed by atoms with Gasteiger partial charge in [-0.3, -0.25) is 0 Å². The maximum atomic E-state index is 5.06. The van der Waals surface area contributed by atoms with Gasteiger partial charge >= 0.3 is 0 Å². The van der Waals surface area contributed by atoms with Gasteiger partial charge in [0.25, 0.3) is 0 Å². The molecule has 8 rings (SSSR count). The number of fused-ring (bicyclic) bond motifs is 3. The van der Waals surface area contributed by atoms with Crippen LogP contribution in [0.5, 0.6) is 0 Å². The number of aromatic nitrogens is 3. The van der Waals surface area contributed by atoms with E-state index in [-0.39, 0.29) is 0 Å². The second-order valence-corrected chi connectivity index (χ2v) is 11.9. The summed E-state index contributed by atoms with van der Waals surface area (Å²) in [5.74, 6) is 1.78. The maximum Gasteiger partial charge on any atom is 0.178 e. The number of para-hydroxylation sites is 1. The molecule has 0 aliphatic heterocycles. The van der Waals surface area contributed by atoms with Gasteiger partial charge in [-0.15, -0.1) is 0 Å². The van der Waals surface area contributed by atoms with E-state index >= 15 is 0 Å². The zero-order valence-corrected chi connectivity index (χ0v) is 26.3. The van der Waals surface area contributed by atoms with Crippen molar-refractivity contribution in [1.29, 1.82) is 0 Å². The third-order valence-electron chi connectivity index (χ3n) is 9.11. The van der Waals surface area contributed by atoms with Crippen molar-refractivity contribution in [2.24, 2.45) is 4.99 Å². The van der Waals surface area contributed by atoms with Gasteiger partial charge in [-0.2, -0.15) is 0 Å². The van der Waals surface area contributed by atoms with Crippen molar-refractivity contribution < 1.29 is 0 Å². The molecule has 4 nitrogen and oxygen atoms in total. The lowest BCUT2D eigenvalue weighted by Crippen LogP contribution is -2.28. The van der Waals surface area contributed by atoms with Crippen LogP contribution in [0.15, 0.2) is 163 Å². The molecule has 0 bridgehead atoms. The summed E-state index contributed by atoms with van der Waals surface area (Å²) >= 11 is 0. The summed E-state index contributed by atoms with van der Waals surface area (Å²) in [6.07, 6.45) is 0. The van der Waals surface area contributed by atoms with Crippen LogP contribution in [0.4, 0.5) is 5.69 Å². The van der Waals surface area contributed by atoms with Crippen LogP contribution >= 0.6 is 0 Å². The molecule has 0 saturated carbocycles. The summed E-state index contributed by atoms with van der Waals surface area (Å²) in [6, 6.07) is 55.3. The van der Waals surface area contributed by atoms with Crippen molar-refractivity contribution in [1.82, 2.24) is 15.0 Å². The lowest BCUT2D eigenvalue weighted by Gasteiger charge is -2.34. The van der Waals surface area contributed by atoms with Gasteiger partial charge in [-0.05, 0) is 64.9 Å². The van der Waals surface area contributed by atoms with Crippen molar-refractivity contribution >= 4 is 11.4 Å². The van der Waals surface area contributed by atoms with Gasteiger partial charge < -0.3 is 0 Å². The molecule has 0 unspecified atom stereocenters. The number of aliphatic imine (C=N–C) groups is 1. The molecule has 47 heavy (non-hydrogen) atoms. The number of benzene rings is 6. The Balaban J connectivity index is 1.35. The molecule has 1 aliphatic rings. The van der Waals surface area contributed by atoms with Crippen LogP contribution in [-0.2, 0) is 5.41 Å². The Bertz CT molecular complexity index is 2230. The second kappa shape index (κ2) is 11.7. The van der Waals surface area contributed by atoms with Crippen LogP contribution in [0.2, 0.25) is 0 Å². The highest BCUT2D eigenvalue weighted by atomic mass is 15.0. The van der Waals surface area contributed by atoms with Crippen molar-refractivity contribution in [2.45, 2.75) is 19.3 Å². The van der Waals surface area contributed by atoms with Gasteiger partial charge in [0.05, 0.1) is 16.8 Å². The molecule has 1 heterocycles. The second-order valence-electron chi connectivity index (χ2n) is 11.9. The SMILES string of the molecule is C/C(=N\c1ccccc1C)c1nc(-c2ccccc2)nc(-c2cccc(C3(c4ccccc4)c4ccccc4-c4ccccc43)c2)n1. The largest absolute Gasteiger partial charge is 0.250 e. The minimum atomic E-state index is -0.509. The Labute approximate surface area is 275 Å². The van der Waals surface area contributed by atoms with Crippen LogP contribution < -0.4 is 0 Å². The molecule has 1 aromatic heterocycles. The topological polar surface area (TPSA) is 51.0 Å². The average molecular weight is 605 g/mol. The van der Waals surface area contributed by atoms with Crippen molar-refractivity contribution in [3.8, 4) is 33.9 Å². The molecule has 0 spiro atoms. The maximum absolute atomic E-state index is 5.06. The summed E-state index contributed by atoms with van der Waals surface area (Å²) in [5.41, 5.74) is 11.5. The third-order valence-corrected chi connectivity index (χ3v) is 9.11. The number of rotatable bonds is 6. The number of aryl methyl sites for hydroxylation is 1. The van der Waals surface area contributed by atoms with Gasteiger partial charge in [-0.1, -0.05) is 146 Å². The minimum absolute atomic E-state index is 0.509. The molecular weight excluding hydrogens is 573 g/mol. The summed E-state index contributed by atoms with van der Waals surface area (Å²) in [4.78, 5) is 20.0. The Morgan fingerprint density at radius 1 is 0.511 bits per heavy atom. The Morgan fingerprint density at radius 2 is 1.04 bits per heavy atom. The first-order valence-electron chi connectivity index (χ1n) is 15.9. The molecule has 4 heteroatoms. The summed E-state index contributed by atoms with van der Waals surface area (Å²) in [6.45, 7) is 4.03. The molecule has 6 aromatic carbocycles. The fourth-order valence-corrected chi connectivity index (χ4v) is 6.91. The van der Waals surface area contributed by atoms with Crippen LogP contribution in [0.25, 0.3) is 33.9 Å². The zero-order valence-electron chi connectivity index (χ0n) is 26.3. The summed E-state index contributed by atoms with van der Waals surface area (Å²) < 4.78 is 0. The molecule has 0 saturated heterocycles. The van der Waals surface area contributed by atoms with Crippen molar-refractivity contribution in [3.05, 3.63) is 191 Å². The molecule has 224 valence electrons. The van der Waals surface area contributed by atoms with E-state index in [1.807, 2.05) is 55.5 Å². The predicted octanol–water partition coefficient (Wildman–Crippen LogP) is 10.0. The van der Waals surface area contributed by atoms with Crippen molar-refractivity contribution in [2.75, 3.05) is 0 Å². The van der Waals surface area contributed by atoms with E-state index < -0.39 is 5.41 Å². The fraction of sp³-hybridized carbons (Fsp3) is 0.0698. The minimum Gasteiger partial charge on any atom is -0.250 e. The van der Waals surface area contributed by atoms with E-state index in [1.54, 1.807) is 0 Å². The Morgan fingerprint density at radius 3 is 1.72 bits per heavy atom. The highest BCUT2D eigenvalue weighted by Gasteiger charge is 2.45. The predicted molar refractivity (Wildman–Crippen MR) is 191 cm³/mol. The molecule has 0 N–H and O–H groups in total. The fourth-order valence-electron chi connectivity index (χ4n) is 6.91. The molecule has 0 fully saturated rings. The number of hydrogen-bond donors (Lipinski definition) is 0. The molecule has 0 amide bonds. The molecule has 1 aliphatic carbocycles. The van der Waals surface area contributed by atoms with E-state index in [2.05, 4.69) is 116 Å². The number of hydrogen-bond acceptors (Lipinski definition) is 4. The Kier molecular flexibility index (Phi) is 7.11. The summed E-state index contributed by atoms with van der Waals surface area (Å²) in [7, 11) is 0. The van der Waals surface area contributed by atoms with E-state index in [0.29, 0.717) is 17.5 Å². The van der Waals surface area contributed by atoms with E-state index in [4.69, 9.17) is 19.9 Å². The third kappa shape index (κ3) is 4.86. The van der Waals surface area contributed by atoms with Crippen LogP contribution in [0, 0.1) is 6.92 Å². The van der Waals surface area contributed by atoms with Crippen LogP contribution in [0.3, 0.4) is 0 Å². The highest BCUT2D eigenvalue weighted by molar-refractivity contribution is 5.98. The first kappa shape index (κ1) is 28.5. The first-order chi connectivity index (χ1) is 23.1. The quantitative estimate of drug-likeness (QED) is 0.178. The smallest absolute Gasteiger partial charge is 0.178 e. The molecular formula is C43H32N4. The molecule has 0 radical (unpaired) electrons. The van der Waals surface area contributed by atoms with Gasteiger partial charge in [-0.25, -0.2) is 19.9 Å². The lowest BCUT2D eigenvalue weighted by atomic mass is 9.67. The van der Waals surface area contributed by atoms with Gasteiger partial charge in [0, 0.05) is 11.1 Å². The molecule has 7 aromatic rings. The first-order valence-corrected chi connectivity index (χ1v) is 15.9. The highest BCUT2D eigenvalue weighted by Crippen LogP contribution is 2.56. The number of nitrogens with zero attached hydrogens (tertiary/aromatic N) is 4. The summed E-state index contributed by atoms with van der Waals surface area (Å²) in [5, 5.41) is 0. The van der Waals surface area contributed by atoms with Crippen LogP contribution in [-0.4, -0.2) is 20.7 Å². The van der Waals surface area contributed by atoms with Gasteiger partial charge in [0.1, 0.15) is 0 Å². The van der Waals surface area contributed by atoms with E-state index in [9.17, 15) is 0 Å². The zero-order chi connectivity index (χ0) is 31.8. The molecule has 0 atom stereocenters. The van der Waals surface area contributed by atoms with Gasteiger partial charge in [0.2, 0.25) is 0 Å². The van der Waals surface area contributed by atoms with Gasteiger partial charge in [0.15, 0.2) is 17.5 Å². The van der Waals surface area contributed by atoms with Crippen molar-refractivity contribution in [3.63, 3.8) is 0 Å². The average Bonchev–Trinajstić information content (AvgIpc) is 3.44. The lowest BCUT2D eigenvalue weighted by molar-refractivity contribution is 0.768. The normalized spacial score (nSPS) is 13.2.